The monoisotopic (exact) mass is 371 g/mol. The van der Waals surface area contributed by atoms with E-state index in [2.05, 4.69) is 5.32 Å². The first kappa shape index (κ1) is 17.8. The molecule has 0 spiro atoms. The number of rotatable bonds is 5. The van der Waals surface area contributed by atoms with Crippen LogP contribution < -0.4 is 10.1 Å². The quantitative estimate of drug-likeness (QED) is 0.556. The van der Waals surface area contributed by atoms with Crippen molar-refractivity contribution in [1.29, 1.82) is 0 Å². The number of aryl methyl sites for hydroxylation is 2. The first-order chi connectivity index (χ1) is 13.6. The summed E-state index contributed by atoms with van der Waals surface area (Å²) in [4.78, 5) is 17.4. The molecule has 5 nitrogen and oxygen atoms in total. The number of carbonyl (C=O) groups is 1. The van der Waals surface area contributed by atoms with Gasteiger partial charge in [0.15, 0.2) is 6.61 Å². The van der Waals surface area contributed by atoms with E-state index < -0.39 is 0 Å². The molecule has 0 bridgehead atoms. The second-order valence-electron chi connectivity index (χ2n) is 6.66. The van der Waals surface area contributed by atoms with Gasteiger partial charge < -0.3 is 10.1 Å². The molecule has 28 heavy (non-hydrogen) atoms. The minimum absolute atomic E-state index is 0.0713. The Labute approximate surface area is 163 Å². The lowest BCUT2D eigenvalue weighted by atomic mass is 10.1. The average molecular weight is 371 g/mol. The summed E-state index contributed by atoms with van der Waals surface area (Å²) in [6.45, 7) is 3.89. The Balaban J connectivity index is 1.65. The molecule has 2 aromatic carbocycles. The molecule has 0 saturated heterocycles. The van der Waals surface area contributed by atoms with Gasteiger partial charge in [-0.15, -0.1) is 0 Å². The van der Waals surface area contributed by atoms with E-state index in [1.807, 2.05) is 91.2 Å². The number of aromatic nitrogens is 2. The Morgan fingerprint density at radius 2 is 1.68 bits per heavy atom. The van der Waals surface area contributed by atoms with Crippen molar-refractivity contribution < 1.29 is 9.53 Å². The van der Waals surface area contributed by atoms with Gasteiger partial charge in [-0.05, 0) is 37.1 Å². The molecule has 140 valence electrons. The zero-order chi connectivity index (χ0) is 19.5. The van der Waals surface area contributed by atoms with Crippen LogP contribution in [0.2, 0.25) is 0 Å². The first-order valence-corrected chi connectivity index (χ1v) is 9.15. The summed E-state index contributed by atoms with van der Waals surface area (Å²) in [7, 11) is 0. The minimum Gasteiger partial charge on any atom is -0.483 e. The molecular formula is C23H21N3O2. The molecule has 4 aromatic rings. The van der Waals surface area contributed by atoms with E-state index in [0.717, 1.165) is 28.0 Å². The lowest BCUT2D eigenvalue weighted by Crippen LogP contribution is -2.21. The summed E-state index contributed by atoms with van der Waals surface area (Å²) >= 11 is 0. The second kappa shape index (κ2) is 7.56. The van der Waals surface area contributed by atoms with Crippen LogP contribution in [0.3, 0.4) is 0 Å². The number of pyridine rings is 1. The Morgan fingerprint density at radius 3 is 2.46 bits per heavy atom. The van der Waals surface area contributed by atoms with Crippen LogP contribution in [0.5, 0.6) is 5.75 Å². The van der Waals surface area contributed by atoms with Gasteiger partial charge in [0.1, 0.15) is 22.9 Å². The number of benzene rings is 2. The molecule has 0 unspecified atom stereocenters. The normalized spacial score (nSPS) is 10.8. The van der Waals surface area contributed by atoms with Gasteiger partial charge in [-0.2, -0.15) is 0 Å². The predicted octanol–water partition coefficient (Wildman–Crippen LogP) is 4.64. The molecule has 0 aliphatic rings. The summed E-state index contributed by atoms with van der Waals surface area (Å²) in [6, 6.07) is 21.4. The number of ether oxygens (including phenoxy) is 1. The second-order valence-corrected chi connectivity index (χ2v) is 6.66. The van der Waals surface area contributed by atoms with Gasteiger partial charge >= 0.3 is 0 Å². The van der Waals surface area contributed by atoms with Gasteiger partial charge in [0.2, 0.25) is 0 Å². The van der Waals surface area contributed by atoms with Crippen molar-refractivity contribution >= 4 is 17.4 Å². The largest absolute Gasteiger partial charge is 0.483 e. The highest BCUT2D eigenvalue weighted by Gasteiger charge is 2.17. The third kappa shape index (κ3) is 3.47. The first-order valence-electron chi connectivity index (χ1n) is 9.15. The molecular weight excluding hydrogens is 350 g/mol. The number of hydrogen-bond acceptors (Lipinski definition) is 3. The van der Waals surface area contributed by atoms with Crippen molar-refractivity contribution in [3.8, 4) is 17.0 Å². The van der Waals surface area contributed by atoms with Crippen molar-refractivity contribution in [1.82, 2.24) is 9.38 Å². The standard InChI is InChI=1S/C23H21N3O2/c1-16-9-6-7-13-19(16)28-15-20(27)24-23-21(18-11-4-3-5-12-18)25-22-17(2)10-8-14-26(22)23/h3-14H,15H2,1-2H3,(H,24,27). The van der Waals surface area contributed by atoms with E-state index >= 15 is 0 Å². The van der Waals surface area contributed by atoms with Crippen LogP contribution in [0.1, 0.15) is 11.1 Å². The van der Waals surface area contributed by atoms with Crippen LogP contribution in [0.15, 0.2) is 72.9 Å². The lowest BCUT2D eigenvalue weighted by molar-refractivity contribution is -0.118. The van der Waals surface area contributed by atoms with Gasteiger partial charge in [-0.25, -0.2) is 4.98 Å². The number of imidazole rings is 1. The van der Waals surface area contributed by atoms with Crippen LogP contribution in [-0.2, 0) is 4.79 Å². The summed E-state index contributed by atoms with van der Waals surface area (Å²) < 4.78 is 7.59. The van der Waals surface area contributed by atoms with Gasteiger partial charge in [0.25, 0.3) is 5.91 Å². The molecule has 0 aliphatic heterocycles. The highest BCUT2D eigenvalue weighted by Crippen LogP contribution is 2.29. The fourth-order valence-corrected chi connectivity index (χ4v) is 3.15. The third-order valence-corrected chi connectivity index (χ3v) is 4.60. The number of anilines is 1. The number of hydrogen-bond donors (Lipinski definition) is 1. The van der Waals surface area contributed by atoms with E-state index in [4.69, 9.17) is 9.72 Å². The number of para-hydroxylation sites is 1. The maximum Gasteiger partial charge on any atom is 0.263 e. The van der Waals surface area contributed by atoms with Crippen LogP contribution in [-0.4, -0.2) is 21.9 Å². The van der Waals surface area contributed by atoms with E-state index in [1.165, 1.54) is 0 Å². The number of nitrogens with one attached hydrogen (secondary N) is 1. The van der Waals surface area contributed by atoms with E-state index in [0.29, 0.717) is 11.6 Å². The van der Waals surface area contributed by atoms with Gasteiger partial charge in [-0.3, -0.25) is 9.20 Å². The van der Waals surface area contributed by atoms with Crippen molar-refractivity contribution in [2.45, 2.75) is 13.8 Å². The van der Waals surface area contributed by atoms with Gasteiger partial charge in [0, 0.05) is 11.8 Å². The number of nitrogens with zero attached hydrogens (tertiary/aromatic N) is 2. The average Bonchev–Trinajstić information content (AvgIpc) is 3.08. The van der Waals surface area contributed by atoms with Gasteiger partial charge in [0.05, 0.1) is 0 Å². The summed E-state index contributed by atoms with van der Waals surface area (Å²) in [6.07, 6.45) is 1.90. The van der Waals surface area contributed by atoms with E-state index in [1.54, 1.807) is 0 Å². The molecule has 1 amide bonds. The highest BCUT2D eigenvalue weighted by atomic mass is 16.5. The summed E-state index contributed by atoms with van der Waals surface area (Å²) in [5.41, 5.74) is 4.53. The molecule has 2 aromatic heterocycles. The Kier molecular flexibility index (Phi) is 4.81. The summed E-state index contributed by atoms with van der Waals surface area (Å²) in [5.74, 6) is 1.11. The van der Waals surface area contributed by atoms with Crippen molar-refractivity contribution in [2.75, 3.05) is 11.9 Å². The van der Waals surface area contributed by atoms with Crippen LogP contribution >= 0.6 is 0 Å². The van der Waals surface area contributed by atoms with Crippen LogP contribution in [0, 0.1) is 13.8 Å². The molecule has 1 N–H and O–H groups in total. The fourth-order valence-electron chi connectivity index (χ4n) is 3.15. The van der Waals surface area contributed by atoms with Crippen molar-refractivity contribution in [2.24, 2.45) is 0 Å². The number of carbonyl (C=O) groups excluding carboxylic acids is 1. The number of amides is 1. The fraction of sp³-hybridized carbons (Fsp3) is 0.130. The van der Waals surface area contributed by atoms with Crippen LogP contribution in [0.25, 0.3) is 16.9 Å². The SMILES string of the molecule is Cc1ccccc1OCC(=O)Nc1c(-c2ccccc2)nc2c(C)cccn12. The minimum atomic E-state index is -0.233. The Morgan fingerprint density at radius 1 is 0.964 bits per heavy atom. The van der Waals surface area contributed by atoms with Crippen LogP contribution in [0.4, 0.5) is 5.82 Å². The predicted molar refractivity (Wildman–Crippen MR) is 111 cm³/mol. The molecule has 5 heteroatoms. The molecule has 2 heterocycles. The zero-order valence-electron chi connectivity index (χ0n) is 15.8. The van der Waals surface area contributed by atoms with E-state index in [9.17, 15) is 4.79 Å². The van der Waals surface area contributed by atoms with E-state index in [-0.39, 0.29) is 12.5 Å². The Hall–Kier alpha value is -3.60. The Bertz CT molecular complexity index is 1130. The van der Waals surface area contributed by atoms with Crippen molar-refractivity contribution in [3.05, 3.63) is 84.1 Å². The summed E-state index contributed by atoms with van der Waals surface area (Å²) in [5, 5.41) is 2.99. The molecule has 0 atom stereocenters. The number of fused-ring (bicyclic) bond motifs is 1. The maximum atomic E-state index is 12.6. The van der Waals surface area contributed by atoms with Crippen molar-refractivity contribution in [3.63, 3.8) is 0 Å². The molecule has 0 fully saturated rings. The topological polar surface area (TPSA) is 55.6 Å². The highest BCUT2D eigenvalue weighted by molar-refractivity contribution is 5.95. The molecule has 0 aliphatic carbocycles. The zero-order valence-corrected chi connectivity index (χ0v) is 15.8. The van der Waals surface area contributed by atoms with Gasteiger partial charge in [-0.1, -0.05) is 54.6 Å². The smallest absolute Gasteiger partial charge is 0.263 e. The third-order valence-electron chi connectivity index (χ3n) is 4.60. The molecule has 0 radical (unpaired) electrons. The molecule has 0 saturated carbocycles. The lowest BCUT2D eigenvalue weighted by Gasteiger charge is -2.10. The maximum absolute atomic E-state index is 12.6. The molecule has 4 rings (SSSR count).